The fourth-order valence-corrected chi connectivity index (χ4v) is 3.50. The highest BCUT2D eigenvalue weighted by molar-refractivity contribution is 5.95. The van der Waals surface area contributed by atoms with Crippen molar-refractivity contribution >= 4 is 12.0 Å². The summed E-state index contributed by atoms with van der Waals surface area (Å²) in [6.07, 6.45) is 4.48. The normalized spacial score (nSPS) is 20.4. The van der Waals surface area contributed by atoms with Crippen molar-refractivity contribution in [2.45, 2.75) is 45.1 Å². The van der Waals surface area contributed by atoms with Crippen LogP contribution in [0.4, 0.5) is 4.79 Å². The summed E-state index contributed by atoms with van der Waals surface area (Å²) in [5.74, 6) is 0.416. The summed E-state index contributed by atoms with van der Waals surface area (Å²) >= 11 is 0. The summed E-state index contributed by atoms with van der Waals surface area (Å²) in [5.41, 5.74) is 0.411. The summed E-state index contributed by atoms with van der Waals surface area (Å²) in [6.45, 7) is 4.01. The van der Waals surface area contributed by atoms with Crippen molar-refractivity contribution in [2.24, 2.45) is 0 Å². The summed E-state index contributed by atoms with van der Waals surface area (Å²) in [4.78, 5) is 28.4. The van der Waals surface area contributed by atoms with E-state index in [4.69, 9.17) is 14.4 Å². The van der Waals surface area contributed by atoms with Gasteiger partial charge in [-0.15, -0.1) is 0 Å². The van der Waals surface area contributed by atoms with E-state index in [-0.39, 0.29) is 30.4 Å². The lowest BCUT2D eigenvalue weighted by Gasteiger charge is -2.35. The van der Waals surface area contributed by atoms with Crippen LogP contribution in [0.1, 0.15) is 54.0 Å². The fourth-order valence-electron chi connectivity index (χ4n) is 3.50. The van der Waals surface area contributed by atoms with Gasteiger partial charge >= 0.3 is 6.09 Å². The lowest BCUT2D eigenvalue weighted by atomic mass is 10.0. The van der Waals surface area contributed by atoms with Crippen molar-refractivity contribution in [3.05, 3.63) is 23.2 Å². The molecular formula is C18H23N3O4. The number of ether oxygens (including phenoxy) is 1. The molecule has 3 heterocycles. The minimum Gasteiger partial charge on any atom is -0.450 e. The first-order valence-corrected chi connectivity index (χ1v) is 8.83. The Morgan fingerprint density at radius 1 is 1.28 bits per heavy atom. The number of nitriles is 1. The number of carbonyl (C=O) groups excluding carboxylic acids is 2. The van der Waals surface area contributed by atoms with Gasteiger partial charge in [-0.05, 0) is 39.0 Å². The number of furan rings is 1. The summed E-state index contributed by atoms with van der Waals surface area (Å²) in [6, 6.07) is 3.27. The second-order valence-electron chi connectivity index (χ2n) is 6.61. The van der Waals surface area contributed by atoms with Gasteiger partial charge in [-0.2, -0.15) is 5.26 Å². The first-order chi connectivity index (χ1) is 12.1. The molecule has 3 rings (SSSR count). The Hall–Kier alpha value is -2.49. The number of aryl methyl sites for hydroxylation is 1. The Bertz CT molecular complexity index is 685. The number of likely N-dealkylation sites (tertiary alicyclic amines) is 2. The van der Waals surface area contributed by atoms with Crippen LogP contribution in [0.25, 0.3) is 0 Å². The Morgan fingerprint density at radius 2 is 2.00 bits per heavy atom. The standard InChI is InChI=1S/C18H23N3O4/c1-13-16(10-15(11-19)25-13)17(22)21-9-3-2-6-14(21)12-24-18(23)20-7-4-5-8-20/h10,14H,2-9,12H2,1H3. The van der Waals surface area contributed by atoms with Crippen LogP contribution in [-0.4, -0.2) is 54.1 Å². The molecule has 0 saturated carbocycles. The molecule has 2 aliphatic rings. The van der Waals surface area contributed by atoms with Crippen LogP contribution >= 0.6 is 0 Å². The van der Waals surface area contributed by atoms with E-state index >= 15 is 0 Å². The van der Waals surface area contributed by atoms with Crippen LogP contribution in [0, 0.1) is 18.3 Å². The molecule has 1 atom stereocenters. The molecule has 0 bridgehead atoms. The van der Waals surface area contributed by atoms with Crippen molar-refractivity contribution in [1.82, 2.24) is 9.80 Å². The molecule has 7 nitrogen and oxygen atoms in total. The minimum atomic E-state index is -0.290. The van der Waals surface area contributed by atoms with Gasteiger partial charge < -0.3 is 19.0 Å². The number of rotatable bonds is 3. The summed E-state index contributed by atoms with van der Waals surface area (Å²) < 4.78 is 10.7. The molecule has 0 aliphatic carbocycles. The molecule has 1 aromatic heterocycles. The van der Waals surface area contributed by atoms with Crippen molar-refractivity contribution in [1.29, 1.82) is 5.26 Å². The van der Waals surface area contributed by atoms with Crippen LogP contribution in [0.5, 0.6) is 0 Å². The van der Waals surface area contributed by atoms with E-state index in [0.29, 0.717) is 17.9 Å². The van der Waals surface area contributed by atoms with E-state index < -0.39 is 0 Å². The van der Waals surface area contributed by atoms with Gasteiger partial charge in [0.05, 0.1) is 11.6 Å². The number of amides is 2. The maximum Gasteiger partial charge on any atom is 0.409 e. The molecule has 0 aromatic carbocycles. The zero-order valence-electron chi connectivity index (χ0n) is 14.5. The van der Waals surface area contributed by atoms with Gasteiger partial charge in [0, 0.05) is 25.7 Å². The predicted octanol–water partition coefficient (Wildman–Crippen LogP) is 2.69. The van der Waals surface area contributed by atoms with E-state index in [9.17, 15) is 9.59 Å². The molecule has 1 unspecified atom stereocenters. The molecule has 2 amide bonds. The van der Waals surface area contributed by atoms with Crippen molar-refractivity contribution in [3.8, 4) is 6.07 Å². The lowest BCUT2D eigenvalue weighted by molar-refractivity contribution is 0.0390. The third kappa shape index (κ3) is 3.78. The van der Waals surface area contributed by atoms with Gasteiger partial charge in [-0.25, -0.2) is 4.79 Å². The zero-order valence-corrected chi connectivity index (χ0v) is 14.5. The number of nitrogens with zero attached hydrogens (tertiary/aromatic N) is 3. The second-order valence-corrected chi connectivity index (χ2v) is 6.61. The molecule has 0 spiro atoms. The maximum absolute atomic E-state index is 12.9. The molecular weight excluding hydrogens is 322 g/mol. The molecule has 134 valence electrons. The molecule has 1 aromatic rings. The van der Waals surface area contributed by atoms with Gasteiger partial charge in [0.25, 0.3) is 5.91 Å². The van der Waals surface area contributed by atoms with Crippen LogP contribution < -0.4 is 0 Å². The lowest BCUT2D eigenvalue weighted by Crippen LogP contribution is -2.47. The van der Waals surface area contributed by atoms with Crippen LogP contribution in [0.2, 0.25) is 0 Å². The van der Waals surface area contributed by atoms with Crippen LogP contribution in [0.3, 0.4) is 0 Å². The quantitative estimate of drug-likeness (QED) is 0.840. The molecule has 2 aliphatic heterocycles. The highest BCUT2D eigenvalue weighted by atomic mass is 16.6. The van der Waals surface area contributed by atoms with Gasteiger partial charge in [0.15, 0.2) is 0 Å². The topological polar surface area (TPSA) is 86.8 Å². The van der Waals surface area contributed by atoms with Gasteiger partial charge in [0.2, 0.25) is 5.76 Å². The Balaban J connectivity index is 1.65. The second kappa shape index (κ2) is 7.60. The zero-order chi connectivity index (χ0) is 17.8. The van der Waals surface area contributed by atoms with Gasteiger partial charge in [-0.1, -0.05) is 0 Å². The number of hydrogen-bond acceptors (Lipinski definition) is 5. The Labute approximate surface area is 147 Å². The van der Waals surface area contributed by atoms with E-state index in [2.05, 4.69) is 0 Å². The number of carbonyl (C=O) groups is 2. The highest BCUT2D eigenvalue weighted by Gasteiger charge is 2.31. The van der Waals surface area contributed by atoms with E-state index in [1.54, 1.807) is 16.7 Å². The third-order valence-electron chi connectivity index (χ3n) is 4.91. The predicted molar refractivity (Wildman–Crippen MR) is 89.0 cm³/mol. The summed E-state index contributed by atoms with van der Waals surface area (Å²) in [5, 5.41) is 8.94. The number of hydrogen-bond donors (Lipinski definition) is 0. The number of piperidine rings is 1. The minimum absolute atomic E-state index is 0.132. The van der Waals surface area contributed by atoms with Gasteiger partial charge in [-0.3, -0.25) is 4.79 Å². The van der Waals surface area contributed by atoms with Crippen molar-refractivity contribution in [3.63, 3.8) is 0 Å². The molecule has 0 N–H and O–H groups in total. The average Bonchev–Trinajstić information content (AvgIpc) is 3.29. The highest BCUT2D eigenvalue weighted by Crippen LogP contribution is 2.23. The first kappa shape index (κ1) is 17.3. The van der Waals surface area contributed by atoms with E-state index in [0.717, 1.165) is 45.2 Å². The van der Waals surface area contributed by atoms with Crippen molar-refractivity contribution < 1.29 is 18.7 Å². The fraction of sp³-hybridized carbons (Fsp3) is 0.611. The average molecular weight is 345 g/mol. The van der Waals surface area contributed by atoms with Crippen LogP contribution in [0.15, 0.2) is 10.5 Å². The summed E-state index contributed by atoms with van der Waals surface area (Å²) in [7, 11) is 0. The maximum atomic E-state index is 12.9. The SMILES string of the molecule is Cc1oc(C#N)cc1C(=O)N1CCCCC1COC(=O)N1CCCC1. The molecule has 25 heavy (non-hydrogen) atoms. The first-order valence-electron chi connectivity index (χ1n) is 8.83. The molecule has 2 saturated heterocycles. The van der Waals surface area contributed by atoms with Crippen LogP contribution in [-0.2, 0) is 4.74 Å². The van der Waals surface area contributed by atoms with Gasteiger partial charge in [0.1, 0.15) is 18.4 Å². The largest absolute Gasteiger partial charge is 0.450 e. The Morgan fingerprint density at radius 3 is 2.68 bits per heavy atom. The molecule has 2 fully saturated rings. The smallest absolute Gasteiger partial charge is 0.409 e. The Kier molecular flexibility index (Phi) is 5.27. The van der Waals surface area contributed by atoms with E-state index in [1.807, 2.05) is 6.07 Å². The monoisotopic (exact) mass is 345 g/mol. The molecule has 0 radical (unpaired) electrons. The van der Waals surface area contributed by atoms with Crippen molar-refractivity contribution in [2.75, 3.05) is 26.2 Å². The third-order valence-corrected chi connectivity index (χ3v) is 4.91. The van der Waals surface area contributed by atoms with E-state index in [1.165, 1.54) is 6.07 Å². The molecule has 7 heteroatoms.